The molecule has 7 N–H and O–H groups in total. The standard InChI is InChI=1S/C34H40O17/c1-12-14-9-16-33-11-47-34(31(45)46-3,25(33)23(29(44)49-16)50-28(43)13-7-5-4-6-8-13)27(42)21(40)24(33)32(14,2)26(41)20(39)22(12)51-30-19(38)18(37)17(36)15(10-35)48-30/h4-8,14-19,21,23-27,30,35-38,40-42H,9-11H2,1-3H3/t14-,15+,16+,17+,18-,19+,21+,23+,24+,25+,26+,27-,30-,32-,33+,34-/m0/s1. The number of allylic oxidation sites excluding steroid dienone is 1. The molecule has 6 aliphatic rings. The number of ether oxygens (including phenoxy) is 6. The van der Waals surface area contributed by atoms with Gasteiger partial charge >= 0.3 is 17.9 Å². The molecule has 16 atom stereocenters. The highest BCUT2D eigenvalue weighted by molar-refractivity contribution is 5.99. The molecule has 3 aliphatic heterocycles. The van der Waals surface area contributed by atoms with Crippen LogP contribution in [0.2, 0.25) is 0 Å². The molecule has 0 amide bonds. The number of esters is 3. The molecule has 17 heteroatoms. The van der Waals surface area contributed by atoms with Crippen LogP contribution in [0.3, 0.4) is 0 Å². The van der Waals surface area contributed by atoms with Crippen LogP contribution in [0.5, 0.6) is 0 Å². The van der Waals surface area contributed by atoms with Crippen molar-refractivity contribution in [1.29, 1.82) is 0 Å². The summed E-state index contributed by atoms with van der Waals surface area (Å²) >= 11 is 0. The molecule has 51 heavy (non-hydrogen) atoms. The number of aliphatic hydroxyl groups excluding tert-OH is 7. The number of hydrogen-bond acceptors (Lipinski definition) is 17. The first-order valence-corrected chi connectivity index (χ1v) is 16.6. The van der Waals surface area contributed by atoms with Crippen LogP contribution >= 0.6 is 0 Å². The van der Waals surface area contributed by atoms with Crippen LogP contribution in [0.1, 0.15) is 30.6 Å². The summed E-state index contributed by atoms with van der Waals surface area (Å²) in [6.45, 7) is 1.77. The molecule has 3 heterocycles. The van der Waals surface area contributed by atoms with Crippen LogP contribution in [0.4, 0.5) is 0 Å². The van der Waals surface area contributed by atoms with E-state index < -0.39 is 138 Å². The summed E-state index contributed by atoms with van der Waals surface area (Å²) in [5.41, 5.74) is -5.53. The Bertz CT molecular complexity index is 1650. The molecule has 2 saturated carbocycles. The SMILES string of the molecule is COC(=O)[C@@]12OC[C@]34[C@H]([C@@H](O)[C@@H]1O)[C@@]1(C)[C@H](O)C(=O)C(O[C@@H]5O[C@H](CO)[C@@H](O)[C@H](O)[C@H]5O)=C(C)[C@@H]1C[C@H]3OC(=O)[C@H](OC(=O)c1ccccc1)[C@@H]24. The average Bonchev–Trinajstić information content (AvgIpc) is 3.43. The van der Waals surface area contributed by atoms with Crippen molar-refractivity contribution in [3.05, 3.63) is 47.2 Å². The average molecular weight is 721 g/mol. The van der Waals surface area contributed by atoms with Gasteiger partial charge in [-0.15, -0.1) is 0 Å². The van der Waals surface area contributed by atoms with E-state index in [0.717, 1.165) is 7.11 Å². The molecule has 3 aliphatic carbocycles. The summed E-state index contributed by atoms with van der Waals surface area (Å²) in [5.74, 6) is -8.50. The zero-order chi connectivity index (χ0) is 36.9. The predicted molar refractivity (Wildman–Crippen MR) is 162 cm³/mol. The highest BCUT2D eigenvalue weighted by atomic mass is 16.7. The predicted octanol–water partition coefficient (Wildman–Crippen LogP) is -2.91. The van der Waals surface area contributed by atoms with Gasteiger partial charge in [0.1, 0.15) is 42.7 Å². The van der Waals surface area contributed by atoms with Gasteiger partial charge in [0, 0.05) is 16.7 Å². The third-order valence-corrected chi connectivity index (χ3v) is 12.3. The van der Waals surface area contributed by atoms with E-state index in [0.29, 0.717) is 0 Å². The van der Waals surface area contributed by atoms with E-state index in [-0.39, 0.29) is 17.6 Å². The van der Waals surface area contributed by atoms with Gasteiger partial charge in [-0.2, -0.15) is 0 Å². The third-order valence-electron chi connectivity index (χ3n) is 12.3. The van der Waals surface area contributed by atoms with E-state index in [2.05, 4.69) is 0 Å². The highest BCUT2D eigenvalue weighted by Crippen LogP contribution is 2.73. The number of Topliss-reactive ketones (excluding diaryl/α,β-unsaturated/α-hetero) is 1. The van der Waals surface area contributed by atoms with Gasteiger partial charge in [0.15, 0.2) is 5.76 Å². The van der Waals surface area contributed by atoms with E-state index in [1.807, 2.05) is 0 Å². The lowest BCUT2D eigenvalue weighted by Gasteiger charge is -2.67. The van der Waals surface area contributed by atoms with Crippen molar-refractivity contribution in [1.82, 2.24) is 0 Å². The van der Waals surface area contributed by atoms with Crippen LogP contribution in [-0.2, 0) is 42.8 Å². The molecule has 1 aromatic rings. The first kappa shape index (κ1) is 35.9. The summed E-state index contributed by atoms with van der Waals surface area (Å²) in [7, 11) is 1.02. The summed E-state index contributed by atoms with van der Waals surface area (Å²) in [4.78, 5) is 55.0. The van der Waals surface area contributed by atoms with Crippen LogP contribution < -0.4 is 0 Å². The molecule has 7 rings (SSSR count). The van der Waals surface area contributed by atoms with Crippen molar-refractivity contribution in [3.8, 4) is 0 Å². The maximum Gasteiger partial charge on any atom is 0.348 e. The summed E-state index contributed by atoms with van der Waals surface area (Å²) in [5, 5.41) is 76.5. The Morgan fingerprint density at radius 2 is 1.65 bits per heavy atom. The molecule has 1 aromatic carbocycles. The summed E-state index contributed by atoms with van der Waals surface area (Å²) < 4.78 is 34.1. The van der Waals surface area contributed by atoms with E-state index in [1.165, 1.54) is 26.0 Å². The third kappa shape index (κ3) is 4.59. The molecule has 17 nitrogen and oxygen atoms in total. The topological polar surface area (TPSA) is 265 Å². The first-order valence-electron chi connectivity index (χ1n) is 16.6. The van der Waals surface area contributed by atoms with Crippen molar-refractivity contribution in [2.24, 2.45) is 28.6 Å². The molecule has 1 spiro atoms. The summed E-state index contributed by atoms with van der Waals surface area (Å²) in [6, 6.07) is 7.68. The second-order valence-electron chi connectivity index (χ2n) is 14.4. The minimum Gasteiger partial charge on any atom is -0.467 e. The Hall–Kier alpha value is -3.52. The maximum atomic E-state index is 14.1. The van der Waals surface area contributed by atoms with Crippen molar-refractivity contribution in [3.63, 3.8) is 0 Å². The summed E-state index contributed by atoms with van der Waals surface area (Å²) in [6.07, 6.45) is -17.8. The number of hydrogen-bond donors (Lipinski definition) is 7. The number of ketones is 1. The largest absolute Gasteiger partial charge is 0.467 e. The van der Waals surface area contributed by atoms with Crippen LogP contribution in [-0.4, -0.2) is 147 Å². The Kier molecular flexibility index (Phi) is 8.64. The highest BCUT2D eigenvalue weighted by Gasteiger charge is 2.86. The number of benzene rings is 1. The minimum absolute atomic E-state index is 0.0647. The number of methoxy groups -OCH3 is 1. The fourth-order valence-electron chi connectivity index (χ4n) is 10.0. The van der Waals surface area contributed by atoms with Gasteiger partial charge in [-0.05, 0) is 37.0 Å². The molecule has 278 valence electrons. The smallest absolute Gasteiger partial charge is 0.348 e. The zero-order valence-electron chi connectivity index (χ0n) is 27.7. The lowest BCUT2D eigenvalue weighted by molar-refractivity contribution is -0.301. The van der Waals surface area contributed by atoms with Gasteiger partial charge in [0.25, 0.3) is 0 Å². The zero-order valence-corrected chi connectivity index (χ0v) is 27.7. The van der Waals surface area contributed by atoms with Gasteiger partial charge in [-0.1, -0.05) is 25.1 Å². The van der Waals surface area contributed by atoms with Crippen molar-refractivity contribution >= 4 is 23.7 Å². The number of carbonyl (C=O) groups excluding carboxylic acids is 4. The number of aliphatic hydroxyl groups is 7. The van der Waals surface area contributed by atoms with Crippen LogP contribution in [0.25, 0.3) is 0 Å². The Labute approximate surface area is 290 Å². The van der Waals surface area contributed by atoms with Gasteiger partial charge < -0.3 is 64.2 Å². The quantitative estimate of drug-likeness (QED) is 0.115. The number of rotatable bonds is 6. The van der Waals surface area contributed by atoms with E-state index in [9.17, 15) is 54.9 Å². The van der Waals surface area contributed by atoms with Crippen LogP contribution in [0, 0.1) is 28.6 Å². The molecule has 0 aromatic heterocycles. The fraction of sp³-hybridized carbons (Fsp3) is 0.647. The van der Waals surface area contributed by atoms with Crippen molar-refractivity contribution in [2.75, 3.05) is 20.3 Å². The van der Waals surface area contributed by atoms with Crippen molar-refractivity contribution in [2.45, 2.75) is 87.1 Å². The molecule has 5 fully saturated rings. The lowest BCUT2D eigenvalue weighted by atomic mass is 9.37. The molecule has 0 radical (unpaired) electrons. The van der Waals surface area contributed by atoms with E-state index in [4.69, 9.17) is 28.4 Å². The minimum atomic E-state index is -2.43. The Morgan fingerprint density at radius 3 is 2.29 bits per heavy atom. The molecule has 0 unspecified atom stereocenters. The fourth-order valence-corrected chi connectivity index (χ4v) is 10.0. The normalized spacial score (nSPS) is 47.1. The Balaban J connectivity index is 1.33. The van der Waals surface area contributed by atoms with E-state index in [1.54, 1.807) is 18.2 Å². The van der Waals surface area contributed by atoms with Crippen molar-refractivity contribution < 1.29 is 83.3 Å². The monoisotopic (exact) mass is 720 g/mol. The van der Waals surface area contributed by atoms with Gasteiger partial charge in [0.05, 0.1) is 37.9 Å². The maximum absolute atomic E-state index is 14.1. The number of carbonyl (C=O) groups is 4. The Morgan fingerprint density at radius 1 is 0.961 bits per heavy atom. The van der Waals surface area contributed by atoms with E-state index >= 15 is 0 Å². The second-order valence-corrected chi connectivity index (χ2v) is 14.4. The second kappa shape index (κ2) is 12.3. The van der Waals surface area contributed by atoms with Gasteiger partial charge in [-0.3, -0.25) is 4.79 Å². The number of fused-ring (bicyclic) bond motifs is 2. The van der Waals surface area contributed by atoms with Gasteiger partial charge in [-0.25, -0.2) is 14.4 Å². The first-order chi connectivity index (χ1) is 24.1. The van der Waals surface area contributed by atoms with Crippen LogP contribution in [0.15, 0.2) is 41.7 Å². The lowest BCUT2D eigenvalue weighted by Crippen LogP contribution is -2.80. The molecule has 2 bridgehead atoms. The van der Waals surface area contributed by atoms with Gasteiger partial charge in [0.2, 0.25) is 23.8 Å². The molecule has 3 saturated heterocycles. The molecular weight excluding hydrogens is 680 g/mol. The molecular formula is C34H40O17.